The Morgan fingerprint density at radius 3 is 2.56 bits per heavy atom. The molecule has 0 atom stereocenters. The molecule has 0 N–H and O–H groups in total. The summed E-state index contributed by atoms with van der Waals surface area (Å²) >= 11 is 5.80. The predicted octanol–water partition coefficient (Wildman–Crippen LogP) is 2.23. The summed E-state index contributed by atoms with van der Waals surface area (Å²) in [4.78, 5) is 17.6. The van der Waals surface area contributed by atoms with Crippen LogP contribution in [0.3, 0.4) is 0 Å². The van der Waals surface area contributed by atoms with Gasteiger partial charge in [-0.05, 0) is 19.9 Å². The van der Waals surface area contributed by atoms with Gasteiger partial charge in [0.15, 0.2) is 0 Å². The van der Waals surface area contributed by atoms with Gasteiger partial charge in [-0.25, -0.2) is 4.98 Å². The van der Waals surface area contributed by atoms with Gasteiger partial charge in [0.2, 0.25) is 5.88 Å². The molecular formula is C11H15ClN2O2. The second kappa shape index (κ2) is 5.70. The molecule has 0 bridgehead atoms. The normalized spacial score (nSPS) is 10.0. The average molecular weight is 243 g/mol. The highest BCUT2D eigenvalue weighted by molar-refractivity contribution is 6.29. The zero-order valence-corrected chi connectivity index (χ0v) is 10.4. The lowest BCUT2D eigenvalue weighted by molar-refractivity contribution is 0.0772. The van der Waals surface area contributed by atoms with Crippen LogP contribution < -0.4 is 4.74 Å². The number of pyridine rings is 1. The molecular weight excluding hydrogens is 228 g/mol. The molecule has 1 rings (SSSR count). The molecule has 0 aliphatic heterocycles. The fraction of sp³-hybridized carbons (Fsp3) is 0.455. The molecule has 0 saturated carbocycles. The van der Waals surface area contributed by atoms with Gasteiger partial charge >= 0.3 is 0 Å². The first-order valence-electron chi connectivity index (χ1n) is 5.13. The Kier molecular flexibility index (Phi) is 4.55. The van der Waals surface area contributed by atoms with E-state index in [1.165, 1.54) is 7.11 Å². The first kappa shape index (κ1) is 12.8. The Bertz CT molecular complexity index is 378. The van der Waals surface area contributed by atoms with Gasteiger partial charge in [0.05, 0.1) is 7.11 Å². The number of amides is 1. The van der Waals surface area contributed by atoms with Crippen molar-refractivity contribution >= 4 is 17.5 Å². The summed E-state index contributed by atoms with van der Waals surface area (Å²) in [5.41, 5.74) is 0.501. The van der Waals surface area contributed by atoms with E-state index in [1.807, 2.05) is 13.8 Å². The number of halogens is 1. The smallest absolute Gasteiger partial charge is 0.254 e. The van der Waals surface area contributed by atoms with E-state index < -0.39 is 0 Å². The fourth-order valence-corrected chi connectivity index (χ4v) is 1.60. The van der Waals surface area contributed by atoms with Crippen molar-refractivity contribution in [1.82, 2.24) is 9.88 Å². The molecule has 1 heterocycles. The lowest BCUT2D eigenvalue weighted by atomic mass is 10.2. The van der Waals surface area contributed by atoms with Crippen molar-refractivity contribution in [1.29, 1.82) is 0 Å². The molecule has 1 aromatic heterocycles. The molecule has 0 aliphatic carbocycles. The van der Waals surface area contributed by atoms with Crippen LogP contribution in [0.4, 0.5) is 0 Å². The van der Waals surface area contributed by atoms with Crippen molar-refractivity contribution in [2.45, 2.75) is 13.8 Å². The van der Waals surface area contributed by atoms with E-state index in [1.54, 1.807) is 17.0 Å². The number of hydrogen-bond acceptors (Lipinski definition) is 3. The highest BCUT2D eigenvalue weighted by Crippen LogP contribution is 2.17. The molecule has 0 saturated heterocycles. The number of carbonyl (C=O) groups is 1. The standard InChI is InChI=1S/C11H15ClN2O2/c1-4-14(5-2)11(15)8-6-9(12)13-10(7-8)16-3/h6-7H,4-5H2,1-3H3. The van der Waals surface area contributed by atoms with Crippen LogP contribution in [-0.4, -0.2) is 36.0 Å². The fourth-order valence-electron chi connectivity index (χ4n) is 1.39. The van der Waals surface area contributed by atoms with Crippen molar-refractivity contribution in [2.24, 2.45) is 0 Å². The van der Waals surface area contributed by atoms with Gasteiger partial charge in [0.1, 0.15) is 5.15 Å². The number of nitrogens with zero attached hydrogens (tertiary/aromatic N) is 2. The van der Waals surface area contributed by atoms with Gasteiger partial charge in [-0.2, -0.15) is 0 Å². The zero-order chi connectivity index (χ0) is 12.1. The first-order chi connectivity index (χ1) is 7.62. The summed E-state index contributed by atoms with van der Waals surface area (Å²) in [6, 6.07) is 3.14. The van der Waals surface area contributed by atoms with E-state index in [9.17, 15) is 4.79 Å². The maximum atomic E-state index is 12.0. The molecule has 0 radical (unpaired) electrons. The molecule has 88 valence electrons. The molecule has 0 aliphatic rings. The highest BCUT2D eigenvalue weighted by Gasteiger charge is 2.14. The van der Waals surface area contributed by atoms with Gasteiger partial charge in [-0.15, -0.1) is 0 Å². The first-order valence-corrected chi connectivity index (χ1v) is 5.51. The summed E-state index contributed by atoms with van der Waals surface area (Å²) in [6.45, 7) is 5.19. The van der Waals surface area contributed by atoms with Crippen LogP contribution in [-0.2, 0) is 0 Å². The van der Waals surface area contributed by atoms with Crippen molar-refractivity contribution in [2.75, 3.05) is 20.2 Å². The third-order valence-corrected chi connectivity index (χ3v) is 2.47. The van der Waals surface area contributed by atoms with E-state index in [-0.39, 0.29) is 11.1 Å². The van der Waals surface area contributed by atoms with Crippen LogP contribution in [0.2, 0.25) is 5.15 Å². The van der Waals surface area contributed by atoms with Crippen molar-refractivity contribution < 1.29 is 9.53 Å². The third kappa shape index (κ3) is 2.85. The van der Waals surface area contributed by atoms with E-state index >= 15 is 0 Å². The quantitative estimate of drug-likeness (QED) is 0.761. The van der Waals surface area contributed by atoms with Crippen LogP contribution in [0.25, 0.3) is 0 Å². The van der Waals surface area contributed by atoms with Crippen LogP contribution >= 0.6 is 11.6 Å². The minimum absolute atomic E-state index is 0.0624. The lowest BCUT2D eigenvalue weighted by Gasteiger charge is -2.18. The Morgan fingerprint density at radius 2 is 2.06 bits per heavy atom. The summed E-state index contributed by atoms with van der Waals surface area (Å²) in [5.74, 6) is 0.288. The third-order valence-electron chi connectivity index (χ3n) is 2.28. The number of carbonyl (C=O) groups excluding carboxylic acids is 1. The minimum atomic E-state index is -0.0624. The van der Waals surface area contributed by atoms with Gasteiger partial charge in [-0.1, -0.05) is 11.6 Å². The van der Waals surface area contributed by atoms with Crippen LogP contribution in [0.5, 0.6) is 5.88 Å². The van der Waals surface area contributed by atoms with Gasteiger partial charge in [0.25, 0.3) is 5.91 Å². The summed E-state index contributed by atoms with van der Waals surface area (Å²) in [6.07, 6.45) is 0. The van der Waals surface area contributed by atoms with E-state index in [2.05, 4.69) is 4.98 Å². The molecule has 0 unspecified atom stereocenters. The van der Waals surface area contributed by atoms with Crippen LogP contribution in [0, 0.1) is 0 Å². The Hall–Kier alpha value is -1.29. The molecule has 5 heteroatoms. The SMILES string of the molecule is CCN(CC)C(=O)c1cc(Cl)nc(OC)c1. The molecule has 0 spiro atoms. The summed E-state index contributed by atoms with van der Waals surface area (Å²) < 4.78 is 4.97. The topological polar surface area (TPSA) is 42.4 Å². The van der Waals surface area contributed by atoms with Gasteiger partial charge in [-0.3, -0.25) is 4.79 Å². The van der Waals surface area contributed by atoms with E-state index in [4.69, 9.17) is 16.3 Å². The zero-order valence-electron chi connectivity index (χ0n) is 9.66. The molecule has 0 fully saturated rings. The molecule has 4 nitrogen and oxygen atoms in total. The summed E-state index contributed by atoms with van der Waals surface area (Å²) in [7, 11) is 1.49. The maximum Gasteiger partial charge on any atom is 0.254 e. The summed E-state index contributed by atoms with van der Waals surface area (Å²) in [5, 5.41) is 0.259. The predicted molar refractivity (Wildman–Crippen MR) is 63.1 cm³/mol. The van der Waals surface area contributed by atoms with E-state index in [0.29, 0.717) is 24.5 Å². The number of rotatable bonds is 4. The molecule has 1 amide bonds. The Labute approximate surface area is 100 Å². The Morgan fingerprint density at radius 1 is 1.44 bits per heavy atom. The number of aromatic nitrogens is 1. The molecule has 16 heavy (non-hydrogen) atoms. The second-order valence-corrected chi connectivity index (χ2v) is 3.59. The minimum Gasteiger partial charge on any atom is -0.481 e. The maximum absolute atomic E-state index is 12.0. The number of hydrogen-bond donors (Lipinski definition) is 0. The van der Waals surface area contributed by atoms with Gasteiger partial charge in [0, 0.05) is 24.7 Å². The van der Waals surface area contributed by atoms with Crippen molar-refractivity contribution in [3.63, 3.8) is 0 Å². The number of ether oxygens (including phenoxy) is 1. The van der Waals surface area contributed by atoms with Crippen LogP contribution in [0.1, 0.15) is 24.2 Å². The highest BCUT2D eigenvalue weighted by atomic mass is 35.5. The van der Waals surface area contributed by atoms with Gasteiger partial charge < -0.3 is 9.64 Å². The largest absolute Gasteiger partial charge is 0.481 e. The van der Waals surface area contributed by atoms with E-state index in [0.717, 1.165) is 0 Å². The lowest BCUT2D eigenvalue weighted by Crippen LogP contribution is -2.30. The average Bonchev–Trinajstić information content (AvgIpc) is 2.29. The van der Waals surface area contributed by atoms with Crippen molar-refractivity contribution in [3.8, 4) is 5.88 Å². The monoisotopic (exact) mass is 242 g/mol. The number of methoxy groups -OCH3 is 1. The van der Waals surface area contributed by atoms with Crippen LogP contribution in [0.15, 0.2) is 12.1 Å². The molecule has 1 aromatic rings. The second-order valence-electron chi connectivity index (χ2n) is 3.20. The molecule has 0 aromatic carbocycles. The Balaban J connectivity index is 3.03. The van der Waals surface area contributed by atoms with Crippen molar-refractivity contribution in [3.05, 3.63) is 22.8 Å².